The minimum Gasteiger partial charge on any atom is -0.332 e. The van der Waals surface area contributed by atoms with Crippen molar-refractivity contribution >= 4 is 23.1 Å². The molecule has 2 N–H and O–H groups in total. The van der Waals surface area contributed by atoms with Crippen LogP contribution < -0.4 is 10.5 Å². The molecule has 3 aromatic rings. The van der Waals surface area contributed by atoms with Crippen LogP contribution >= 0.6 is 12.2 Å². The lowest BCUT2D eigenvalue weighted by Crippen LogP contribution is -3.06. The third-order valence-corrected chi connectivity index (χ3v) is 4.48. The average molecular weight is 326 g/mol. The highest BCUT2D eigenvalue weighted by Gasteiger charge is 2.20. The van der Waals surface area contributed by atoms with Crippen LogP contribution in [0.25, 0.3) is 10.9 Å². The van der Waals surface area contributed by atoms with Crippen molar-refractivity contribution in [3.05, 3.63) is 75.3 Å². The number of aromatic amines is 1. The van der Waals surface area contributed by atoms with Crippen LogP contribution in [-0.2, 0) is 6.54 Å². The maximum atomic E-state index is 12.8. The van der Waals surface area contributed by atoms with E-state index >= 15 is 0 Å². The number of benzene rings is 2. The van der Waals surface area contributed by atoms with Crippen molar-refractivity contribution in [2.45, 2.75) is 12.6 Å². The molecule has 0 fully saturated rings. The standard InChI is InChI=1S/C18H19N3OS/c1-20(2)16(13-8-4-3-5-9-13)12-21-17(22)14-10-6-7-11-15(14)19-18(21)23/h3-11,16H,12H2,1-2H3,(H,19,23)/p+1/t16-/m0/s1. The molecule has 0 unspecified atom stereocenters. The van der Waals surface area contributed by atoms with Gasteiger partial charge in [-0.1, -0.05) is 42.5 Å². The number of para-hydroxylation sites is 1. The van der Waals surface area contributed by atoms with E-state index in [1.54, 1.807) is 4.57 Å². The third-order valence-electron chi connectivity index (χ3n) is 4.15. The monoisotopic (exact) mass is 326 g/mol. The van der Waals surface area contributed by atoms with Gasteiger partial charge in [-0.2, -0.15) is 0 Å². The fourth-order valence-electron chi connectivity index (χ4n) is 2.85. The zero-order chi connectivity index (χ0) is 16.4. The van der Waals surface area contributed by atoms with Crippen molar-refractivity contribution in [2.75, 3.05) is 14.1 Å². The van der Waals surface area contributed by atoms with E-state index in [2.05, 4.69) is 31.2 Å². The summed E-state index contributed by atoms with van der Waals surface area (Å²) in [7, 11) is 4.19. The molecule has 0 amide bonds. The van der Waals surface area contributed by atoms with Crippen molar-refractivity contribution in [1.82, 2.24) is 9.55 Å². The molecule has 23 heavy (non-hydrogen) atoms. The van der Waals surface area contributed by atoms with Crippen molar-refractivity contribution < 1.29 is 4.90 Å². The number of quaternary nitrogens is 1. The molecule has 0 aliphatic rings. The van der Waals surface area contributed by atoms with Crippen LogP contribution in [0.5, 0.6) is 0 Å². The van der Waals surface area contributed by atoms with Crippen LogP contribution in [-0.4, -0.2) is 23.6 Å². The van der Waals surface area contributed by atoms with E-state index in [9.17, 15) is 4.79 Å². The van der Waals surface area contributed by atoms with Gasteiger partial charge in [0.05, 0.1) is 31.5 Å². The summed E-state index contributed by atoms with van der Waals surface area (Å²) in [5, 5.41) is 0.668. The summed E-state index contributed by atoms with van der Waals surface area (Å²) in [5.41, 5.74) is 1.95. The molecule has 0 aliphatic carbocycles. The zero-order valence-corrected chi connectivity index (χ0v) is 14.1. The number of hydrogen-bond acceptors (Lipinski definition) is 2. The van der Waals surface area contributed by atoms with Gasteiger partial charge in [0, 0.05) is 5.56 Å². The normalized spacial score (nSPS) is 12.7. The maximum Gasteiger partial charge on any atom is 0.262 e. The van der Waals surface area contributed by atoms with Crippen LogP contribution in [0.1, 0.15) is 11.6 Å². The molecule has 2 aromatic carbocycles. The van der Waals surface area contributed by atoms with Crippen LogP contribution in [0.15, 0.2) is 59.4 Å². The topological polar surface area (TPSA) is 42.2 Å². The Labute approximate surface area is 140 Å². The summed E-state index contributed by atoms with van der Waals surface area (Å²) in [5.74, 6) is 0. The summed E-state index contributed by atoms with van der Waals surface area (Å²) >= 11 is 5.42. The summed E-state index contributed by atoms with van der Waals surface area (Å²) in [6.45, 7) is 0.547. The van der Waals surface area contributed by atoms with Crippen molar-refractivity contribution in [3.63, 3.8) is 0 Å². The van der Waals surface area contributed by atoms with E-state index in [1.165, 1.54) is 10.5 Å². The molecule has 0 saturated carbocycles. The fourth-order valence-corrected chi connectivity index (χ4v) is 3.12. The molecule has 5 heteroatoms. The molecule has 3 rings (SSSR count). The Balaban J connectivity index is 2.10. The van der Waals surface area contributed by atoms with Gasteiger partial charge in [0.15, 0.2) is 4.77 Å². The molecule has 0 radical (unpaired) electrons. The first-order valence-corrected chi connectivity index (χ1v) is 8.05. The molecule has 0 saturated heterocycles. The number of likely N-dealkylation sites (N-methyl/N-ethyl adjacent to an activating group) is 1. The highest BCUT2D eigenvalue weighted by atomic mass is 32.1. The predicted octanol–water partition coefficient (Wildman–Crippen LogP) is 1.94. The van der Waals surface area contributed by atoms with Crippen molar-refractivity contribution in [1.29, 1.82) is 0 Å². The fraction of sp³-hybridized carbons (Fsp3) is 0.222. The second kappa shape index (κ2) is 6.48. The minimum absolute atomic E-state index is 0.0356. The number of nitrogens with one attached hydrogen (secondary N) is 2. The maximum absolute atomic E-state index is 12.8. The number of fused-ring (bicyclic) bond motifs is 1. The predicted molar refractivity (Wildman–Crippen MR) is 95.4 cm³/mol. The van der Waals surface area contributed by atoms with Crippen LogP contribution in [0.4, 0.5) is 0 Å². The Morgan fingerprint density at radius 2 is 1.74 bits per heavy atom. The molecule has 118 valence electrons. The molecule has 1 atom stereocenters. The number of H-pyrrole nitrogens is 1. The first-order valence-electron chi connectivity index (χ1n) is 7.65. The molecule has 0 aliphatic heterocycles. The van der Waals surface area contributed by atoms with Gasteiger partial charge < -0.3 is 9.88 Å². The smallest absolute Gasteiger partial charge is 0.262 e. The van der Waals surface area contributed by atoms with Gasteiger partial charge in [0.25, 0.3) is 5.56 Å². The second-order valence-electron chi connectivity index (χ2n) is 5.93. The van der Waals surface area contributed by atoms with Gasteiger partial charge in [-0.05, 0) is 24.4 Å². The zero-order valence-electron chi connectivity index (χ0n) is 13.2. The lowest BCUT2D eigenvalue weighted by molar-refractivity contribution is -0.893. The number of nitrogens with zero attached hydrogens (tertiary/aromatic N) is 1. The number of aromatic nitrogens is 2. The molecule has 4 nitrogen and oxygen atoms in total. The van der Waals surface area contributed by atoms with Crippen molar-refractivity contribution in [3.8, 4) is 0 Å². The first kappa shape index (κ1) is 15.6. The SMILES string of the molecule is C[NH+](C)[C@@H](Cn1c(=S)[nH]c2ccccc2c1=O)c1ccccc1. The van der Waals surface area contributed by atoms with Gasteiger partial charge in [0.1, 0.15) is 6.04 Å². The van der Waals surface area contributed by atoms with Crippen LogP contribution in [0.3, 0.4) is 0 Å². The van der Waals surface area contributed by atoms with E-state index in [-0.39, 0.29) is 11.6 Å². The second-order valence-corrected chi connectivity index (χ2v) is 6.32. The van der Waals surface area contributed by atoms with Gasteiger partial charge in [0.2, 0.25) is 0 Å². The van der Waals surface area contributed by atoms with E-state index in [1.807, 2.05) is 42.5 Å². The lowest BCUT2D eigenvalue weighted by atomic mass is 10.1. The highest BCUT2D eigenvalue weighted by molar-refractivity contribution is 7.71. The molecular formula is C18H20N3OS+. The van der Waals surface area contributed by atoms with Gasteiger partial charge in [-0.15, -0.1) is 0 Å². The molecule has 1 aromatic heterocycles. The Hall–Kier alpha value is -2.24. The van der Waals surface area contributed by atoms with E-state index in [4.69, 9.17) is 12.2 Å². The van der Waals surface area contributed by atoms with Crippen LogP contribution in [0.2, 0.25) is 0 Å². The highest BCUT2D eigenvalue weighted by Crippen LogP contribution is 2.12. The Morgan fingerprint density at radius 1 is 1.09 bits per heavy atom. The Morgan fingerprint density at radius 3 is 2.43 bits per heavy atom. The Kier molecular flexibility index (Phi) is 4.41. The summed E-state index contributed by atoms with van der Waals surface area (Å²) in [6.07, 6.45) is 0. The molecule has 1 heterocycles. The molecule has 0 spiro atoms. The van der Waals surface area contributed by atoms with Crippen LogP contribution in [0, 0.1) is 4.77 Å². The largest absolute Gasteiger partial charge is 0.332 e. The third kappa shape index (κ3) is 3.11. The number of hydrogen-bond donors (Lipinski definition) is 2. The number of rotatable bonds is 4. The summed E-state index contributed by atoms with van der Waals surface area (Å²) in [6, 6.07) is 17.9. The van der Waals surface area contributed by atoms with E-state index in [0.717, 1.165) is 5.52 Å². The average Bonchev–Trinajstić information content (AvgIpc) is 2.55. The first-order chi connectivity index (χ1) is 11.1. The Bertz CT molecular complexity index is 928. The van der Waals surface area contributed by atoms with Gasteiger partial charge in [-0.25, -0.2) is 0 Å². The minimum atomic E-state index is -0.0356. The van der Waals surface area contributed by atoms with Crippen molar-refractivity contribution in [2.24, 2.45) is 0 Å². The van der Waals surface area contributed by atoms with E-state index < -0.39 is 0 Å². The molecule has 0 bridgehead atoms. The summed E-state index contributed by atoms with van der Waals surface area (Å²) < 4.78 is 2.14. The quantitative estimate of drug-likeness (QED) is 0.720. The summed E-state index contributed by atoms with van der Waals surface area (Å²) in [4.78, 5) is 17.2. The van der Waals surface area contributed by atoms with E-state index in [0.29, 0.717) is 16.7 Å². The van der Waals surface area contributed by atoms with Gasteiger partial charge >= 0.3 is 0 Å². The molecular weight excluding hydrogens is 306 g/mol. The van der Waals surface area contributed by atoms with Gasteiger partial charge in [-0.3, -0.25) is 9.36 Å². The lowest BCUT2D eigenvalue weighted by Gasteiger charge is -2.22.